The molecule has 7 heteroatoms. The van der Waals surface area contributed by atoms with Gasteiger partial charge in [-0.25, -0.2) is 4.98 Å². The van der Waals surface area contributed by atoms with Crippen LogP contribution in [0, 0.1) is 0 Å². The molecule has 0 aliphatic heterocycles. The third kappa shape index (κ3) is 2.36. The van der Waals surface area contributed by atoms with E-state index in [0.717, 1.165) is 19.8 Å². The summed E-state index contributed by atoms with van der Waals surface area (Å²) in [6.45, 7) is 0. The monoisotopic (exact) mass is 302 g/mol. The molecule has 0 unspecified atom stereocenters. The smallest absolute Gasteiger partial charge is 0.202 e. The van der Waals surface area contributed by atoms with Crippen LogP contribution in [0.4, 0.5) is 5.13 Å². The van der Waals surface area contributed by atoms with Gasteiger partial charge in [0, 0.05) is 4.47 Å². The van der Waals surface area contributed by atoms with Crippen LogP contribution >= 0.6 is 39.5 Å². The summed E-state index contributed by atoms with van der Waals surface area (Å²) in [5, 5.41) is 0.915. The van der Waals surface area contributed by atoms with Crippen molar-refractivity contribution < 1.29 is 0 Å². The fraction of sp³-hybridized carbons (Fsp3) is 0. The van der Waals surface area contributed by atoms with Crippen molar-refractivity contribution in [1.82, 2.24) is 10.4 Å². The number of nitrogens with one attached hydrogen (secondary N) is 2. The van der Waals surface area contributed by atoms with Crippen molar-refractivity contribution in [3.05, 3.63) is 22.7 Å². The van der Waals surface area contributed by atoms with Crippen molar-refractivity contribution in [3.63, 3.8) is 0 Å². The third-order valence-electron chi connectivity index (χ3n) is 1.66. The van der Waals surface area contributed by atoms with Crippen LogP contribution in [0.3, 0.4) is 0 Å². The molecule has 78 valence electrons. The molecule has 2 rings (SSSR count). The zero-order valence-electron chi connectivity index (χ0n) is 7.45. The number of para-hydroxylation sites is 1. The van der Waals surface area contributed by atoms with Gasteiger partial charge in [0.25, 0.3) is 0 Å². The van der Waals surface area contributed by atoms with Gasteiger partial charge in [-0.2, -0.15) is 0 Å². The van der Waals surface area contributed by atoms with Gasteiger partial charge in [-0.1, -0.05) is 17.4 Å². The second kappa shape index (κ2) is 4.30. The molecule has 0 aliphatic carbocycles. The maximum Gasteiger partial charge on any atom is 0.202 e. The van der Waals surface area contributed by atoms with Crippen LogP contribution in [0.1, 0.15) is 0 Å². The molecule has 15 heavy (non-hydrogen) atoms. The highest BCUT2D eigenvalue weighted by atomic mass is 79.9. The first kappa shape index (κ1) is 10.6. The normalized spacial score (nSPS) is 10.2. The van der Waals surface area contributed by atoms with Gasteiger partial charge in [-0.3, -0.25) is 10.9 Å². The average molecular weight is 303 g/mol. The minimum atomic E-state index is 0.188. The van der Waals surface area contributed by atoms with Gasteiger partial charge < -0.3 is 5.73 Å². The molecule has 1 aromatic carbocycles. The van der Waals surface area contributed by atoms with E-state index in [1.807, 2.05) is 18.2 Å². The van der Waals surface area contributed by atoms with E-state index < -0.39 is 0 Å². The van der Waals surface area contributed by atoms with Crippen molar-refractivity contribution in [2.75, 3.05) is 5.43 Å². The standard InChI is InChI=1S/C8H7BrN4S2/c9-4-2-1-3-5-6(4)11-8(15-5)13-12-7(10)14/h1-3H,(H,11,13)(H3,10,12,14). The fourth-order valence-electron chi connectivity index (χ4n) is 1.08. The number of hydrogen-bond acceptors (Lipinski definition) is 4. The minimum absolute atomic E-state index is 0.188. The first-order chi connectivity index (χ1) is 7.16. The van der Waals surface area contributed by atoms with Crippen molar-refractivity contribution in [1.29, 1.82) is 0 Å². The molecule has 1 aromatic heterocycles. The van der Waals surface area contributed by atoms with Gasteiger partial charge in [0.15, 0.2) is 5.11 Å². The minimum Gasteiger partial charge on any atom is -0.375 e. The molecule has 0 amide bonds. The van der Waals surface area contributed by atoms with Gasteiger partial charge in [0.2, 0.25) is 5.13 Å². The molecule has 1 heterocycles. The van der Waals surface area contributed by atoms with Gasteiger partial charge >= 0.3 is 0 Å². The zero-order valence-corrected chi connectivity index (χ0v) is 10.7. The molecule has 0 aliphatic rings. The highest BCUT2D eigenvalue weighted by Crippen LogP contribution is 2.30. The number of anilines is 1. The Labute approximate surface area is 104 Å². The lowest BCUT2D eigenvalue weighted by molar-refractivity contribution is 1.12. The molecular formula is C8H7BrN4S2. The number of rotatable bonds is 2. The summed E-state index contributed by atoms with van der Waals surface area (Å²) < 4.78 is 2.07. The number of hydrazine groups is 1. The first-order valence-electron chi connectivity index (χ1n) is 4.03. The van der Waals surface area contributed by atoms with Gasteiger partial charge in [-0.05, 0) is 40.3 Å². The van der Waals surface area contributed by atoms with Crippen molar-refractivity contribution in [3.8, 4) is 0 Å². The van der Waals surface area contributed by atoms with Crippen LogP contribution in [0.5, 0.6) is 0 Å². The SMILES string of the molecule is NC(=S)NNc1nc2c(Br)cccc2s1. The molecule has 0 saturated carbocycles. The Bertz CT molecular complexity index is 510. The molecule has 0 saturated heterocycles. The molecule has 0 radical (unpaired) electrons. The second-order valence-electron chi connectivity index (χ2n) is 2.72. The molecule has 2 aromatic rings. The molecule has 4 N–H and O–H groups in total. The zero-order chi connectivity index (χ0) is 10.8. The van der Waals surface area contributed by atoms with Crippen LogP contribution < -0.4 is 16.6 Å². The Morgan fingerprint density at radius 1 is 1.53 bits per heavy atom. The summed E-state index contributed by atoms with van der Waals surface area (Å²) in [6, 6.07) is 5.92. The van der Waals surface area contributed by atoms with Crippen LogP contribution in [0.2, 0.25) is 0 Å². The summed E-state index contributed by atoms with van der Waals surface area (Å²) in [5.74, 6) is 0. The Morgan fingerprint density at radius 2 is 2.33 bits per heavy atom. The van der Waals surface area contributed by atoms with Crippen LogP contribution in [0.25, 0.3) is 10.2 Å². The summed E-state index contributed by atoms with van der Waals surface area (Å²) in [6.07, 6.45) is 0. The van der Waals surface area contributed by atoms with Crippen LogP contribution in [-0.4, -0.2) is 10.1 Å². The lowest BCUT2D eigenvalue weighted by Gasteiger charge is -2.01. The number of fused-ring (bicyclic) bond motifs is 1. The predicted octanol–water partition coefficient (Wildman–Crippen LogP) is 2.22. The summed E-state index contributed by atoms with van der Waals surface area (Å²) >= 11 is 9.63. The van der Waals surface area contributed by atoms with Crippen LogP contribution in [0.15, 0.2) is 22.7 Å². The number of benzene rings is 1. The van der Waals surface area contributed by atoms with E-state index in [-0.39, 0.29) is 5.11 Å². The van der Waals surface area contributed by atoms with E-state index >= 15 is 0 Å². The third-order valence-corrected chi connectivity index (χ3v) is 3.34. The molecule has 0 fully saturated rings. The topological polar surface area (TPSA) is 63.0 Å². The molecule has 0 bridgehead atoms. The number of nitrogens with two attached hydrogens (primary N) is 1. The molecule has 0 atom stereocenters. The van der Waals surface area contributed by atoms with E-state index in [1.165, 1.54) is 11.3 Å². The quantitative estimate of drug-likeness (QED) is 0.586. The maximum atomic E-state index is 5.29. The van der Waals surface area contributed by atoms with Crippen molar-refractivity contribution >= 4 is 59.9 Å². The van der Waals surface area contributed by atoms with Crippen molar-refractivity contribution in [2.24, 2.45) is 5.73 Å². The van der Waals surface area contributed by atoms with E-state index in [9.17, 15) is 0 Å². The highest BCUT2D eigenvalue weighted by Gasteiger charge is 2.05. The number of nitrogens with zero attached hydrogens (tertiary/aromatic N) is 1. The average Bonchev–Trinajstić information content (AvgIpc) is 2.59. The maximum absolute atomic E-state index is 5.29. The molecule has 0 spiro atoms. The van der Waals surface area contributed by atoms with Crippen LogP contribution in [-0.2, 0) is 0 Å². The number of hydrogen-bond donors (Lipinski definition) is 3. The number of halogens is 1. The predicted molar refractivity (Wildman–Crippen MR) is 70.9 cm³/mol. The van der Waals surface area contributed by atoms with E-state index in [1.54, 1.807) is 0 Å². The summed E-state index contributed by atoms with van der Waals surface area (Å²) in [7, 11) is 0. The Morgan fingerprint density at radius 3 is 3.00 bits per heavy atom. The molecule has 4 nitrogen and oxygen atoms in total. The Balaban J connectivity index is 2.31. The van der Waals surface area contributed by atoms with Gasteiger partial charge in [0.05, 0.1) is 10.2 Å². The van der Waals surface area contributed by atoms with Gasteiger partial charge in [0.1, 0.15) is 0 Å². The number of thiazole rings is 1. The number of thiocarbonyl (C=S) groups is 1. The second-order valence-corrected chi connectivity index (χ2v) is 5.04. The lowest BCUT2D eigenvalue weighted by Crippen LogP contribution is -2.33. The Hall–Kier alpha value is -0.920. The first-order valence-corrected chi connectivity index (χ1v) is 6.05. The van der Waals surface area contributed by atoms with Crippen molar-refractivity contribution in [2.45, 2.75) is 0 Å². The fourth-order valence-corrected chi connectivity index (χ4v) is 2.57. The lowest BCUT2D eigenvalue weighted by atomic mass is 10.3. The highest BCUT2D eigenvalue weighted by molar-refractivity contribution is 9.10. The van der Waals surface area contributed by atoms with E-state index in [2.05, 4.69) is 44.0 Å². The largest absolute Gasteiger partial charge is 0.375 e. The Kier molecular flexibility index (Phi) is 3.03. The van der Waals surface area contributed by atoms with Gasteiger partial charge in [-0.15, -0.1) is 0 Å². The van der Waals surface area contributed by atoms with E-state index in [0.29, 0.717) is 0 Å². The van der Waals surface area contributed by atoms with E-state index in [4.69, 9.17) is 5.73 Å². The molecular weight excluding hydrogens is 296 g/mol. The number of aromatic nitrogens is 1. The summed E-state index contributed by atoms with van der Waals surface area (Å²) in [4.78, 5) is 4.37. The summed E-state index contributed by atoms with van der Waals surface area (Å²) in [5.41, 5.74) is 11.7.